The molecule has 1 heterocycles. The molecule has 0 saturated heterocycles. The summed E-state index contributed by atoms with van der Waals surface area (Å²) in [6.07, 6.45) is 1.57. The maximum absolute atomic E-state index is 8.92. The molecule has 90 valence electrons. The van der Waals surface area contributed by atoms with Crippen molar-refractivity contribution in [3.05, 3.63) is 52.2 Å². The lowest BCUT2D eigenvalue weighted by Crippen LogP contribution is -1.98. The summed E-state index contributed by atoms with van der Waals surface area (Å²) in [5, 5.41) is 12.4. The van der Waals surface area contributed by atoms with Crippen LogP contribution in [-0.2, 0) is 0 Å². The predicted molar refractivity (Wildman–Crippen MR) is 73.2 cm³/mol. The first-order valence-electron chi connectivity index (χ1n) is 5.51. The molecule has 0 fully saturated rings. The minimum Gasteiger partial charge on any atom is -0.339 e. The molecule has 0 saturated carbocycles. The average Bonchev–Trinajstić information content (AvgIpc) is 2.37. The first kappa shape index (κ1) is 12.4. The molecule has 2 aromatic rings. The normalized spacial score (nSPS) is 9.89. The van der Waals surface area contributed by atoms with Gasteiger partial charge in [-0.2, -0.15) is 5.26 Å². The topological polar surface area (TPSA) is 48.7 Å². The van der Waals surface area contributed by atoms with Crippen LogP contribution in [-0.4, -0.2) is 4.98 Å². The number of benzene rings is 1. The molecular weight excluding hydrogens is 246 g/mol. The molecule has 0 radical (unpaired) electrons. The number of nitriles is 1. The third-order valence-corrected chi connectivity index (χ3v) is 3.25. The van der Waals surface area contributed by atoms with Crippen LogP contribution in [0.25, 0.3) is 0 Å². The third kappa shape index (κ3) is 2.29. The summed E-state index contributed by atoms with van der Waals surface area (Å²) in [5.74, 6) is 0.504. The Morgan fingerprint density at radius 1 is 1.28 bits per heavy atom. The van der Waals surface area contributed by atoms with Crippen molar-refractivity contribution in [2.45, 2.75) is 13.8 Å². The van der Waals surface area contributed by atoms with Crippen molar-refractivity contribution in [2.24, 2.45) is 0 Å². The molecule has 0 spiro atoms. The maximum atomic E-state index is 8.92. The van der Waals surface area contributed by atoms with Crippen molar-refractivity contribution in [1.29, 1.82) is 5.26 Å². The minimum absolute atomic E-state index is 0.348. The van der Waals surface area contributed by atoms with Crippen molar-refractivity contribution in [2.75, 3.05) is 5.32 Å². The van der Waals surface area contributed by atoms with Crippen LogP contribution in [0.4, 0.5) is 11.5 Å². The lowest BCUT2D eigenvalue weighted by Gasteiger charge is -2.12. The lowest BCUT2D eigenvalue weighted by atomic mass is 10.1. The Balaban J connectivity index is 2.41. The second-order valence-corrected chi connectivity index (χ2v) is 4.38. The lowest BCUT2D eigenvalue weighted by molar-refractivity contribution is 1.27. The van der Waals surface area contributed by atoms with Crippen molar-refractivity contribution >= 4 is 23.1 Å². The third-order valence-electron chi connectivity index (χ3n) is 2.87. The van der Waals surface area contributed by atoms with Gasteiger partial charge in [0.15, 0.2) is 5.82 Å². The van der Waals surface area contributed by atoms with Gasteiger partial charge in [-0.3, -0.25) is 0 Å². The first-order chi connectivity index (χ1) is 8.63. The molecule has 4 heteroatoms. The SMILES string of the molecule is Cc1cccc(Nc2nccc(C#N)c2Cl)c1C. The number of rotatable bonds is 2. The van der Waals surface area contributed by atoms with Gasteiger partial charge in [0.2, 0.25) is 0 Å². The van der Waals surface area contributed by atoms with Crippen LogP contribution >= 0.6 is 11.6 Å². The van der Waals surface area contributed by atoms with Crippen LogP contribution in [0.15, 0.2) is 30.5 Å². The fourth-order valence-corrected chi connectivity index (χ4v) is 1.83. The van der Waals surface area contributed by atoms with E-state index in [1.165, 1.54) is 5.56 Å². The van der Waals surface area contributed by atoms with Crippen molar-refractivity contribution < 1.29 is 0 Å². The van der Waals surface area contributed by atoms with Gasteiger partial charge in [-0.1, -0.05) is 23.7 Å². The van der Waals surface area contributed by atoms with E-state index in [0.717, 1.165) is 11.3 Å². The minimum atomic E-state index is 0.348. The van der Waals surface area contributed by atoms with E-state index in [-0.39, 0.29) is 0 Å². The second kappa shape index (κ2) is 5.07. The molecule has 3 nitrogen and oxygen atoms in total. The highest BCUT2D eigenvalue weighted by Gasteiger charge is 2.08. The van der Waals surface area contributed by atoms with E-state index < -0.39 is 0 Å². The summed E-state index contributed by atoms with van der Waals surface area (Å²) in [6.45, 7) is 4.07. The number of aryl methyl sites for hydroxylation is 1. The monoisotopic (exact) mass is 257 g/mol. The maximum Gasteiger partial charge on any atom is 0.150 e. The fourth-order valence-electron chi connectivity index (χ4n) is 1.63. The van der Waals surface area contributed by atoms with Crippen molar-refractivity contribution in [1.82, 2.24) is 4.98 Å². The van der Waals surface area contributed by atoms with Gasteiger partial charge in [0.1, 0.15) is 11.1 Å². The first-order valence-corrected chi connectivity index (χ1v) is 5.89. The van der Waals surface area contributed by atoms with Gasteiger partial charge in [0.05, 0.1) is 5.56 Å². The van der Waals surface area contributed by atoms with Gasteiger partial charge in [-0.15, -0.1) is 0 Å². The van der Waals surface area contributed by atoms with E-state index in [9.17, 15) is 0 Å². The Hall–Kier alpha value is -2.05. The standard InChI is InChI=1S/C14H12ClN3/c1-9-4-3-5-12(10(9)2)18-14-13(15)11(8-16)6-7-17-14/h3-7H,1-2H3,(H,17,18). The Morgan fingerprint density at radius 2 is 2.06 bits per heavy atom. The Morgan fingerprint density at radius 3 is 2.78 bits per heavy atom. The van der Waals surface area contributed by atoms with E-state index in [1.807, 2.05) is 38.1 Å². The number of hydrogen-bond donors (Lipinski definition) is 1. The van der Waals surface area contributed by atoms with E-state index >= 15 is 0 Å². The van der Waals surface area contributed by atoms with E-state index in [4.69, 9.17) is 16.9 Å². The number of halogens is 1. The number of aromatic nitrogens is 1. The average molecular weight is 258 g/mol. The highest BCUT2D eigenvalue weighted by molar-refractivity contribution is 6.34. The number of pyridine rings is 1. The largest absolute Gasteiger partial charge is 0.339 e. The zero-order valence-corrected chi connectivity index (χ0v) is 10.9. The predicted octanol–water partition coefficient (Wildman–Crippen LogP) is 3.97. The summed E-state index contributed by atoms with van der Waals surface area (Å²) in [5.41, 5.74) is 3.68. The van der Waals surface area contributed by atoms with E-state index in [0.29, 0.717) is 16.4 Å². The summed E-state index contributed by atoms with van der Waals surface area (Å²) in [6, 6.07) is 9.59. The van der Waals surface area contributed by atoms with E-state index in [1.54, 1.807) is 12.3 Å². The van der Waals surface area contributed by atoms with Crippen molar-refractivity contribution in [3.63, 3.8) is 0 Å². The van der Waals surface area contributed by atoms with Crippen LogP contribution in [0.5, 0.6) is 0 Å². The van der Waals surface area contributed by atoms with E-state index in [2.05, 4.69) is 10.3 Å². The molecule has 0 aliphatic rings. The van der Waals surface area contributed by atoms with Crippen LogP contribution in [0.3, 0.4) is 0 Å². The summed E-state index contributed by atoms with van der Waals surface area (Å²) in [7, 11) is 0. The highest BCUT2D eigenvalue weighted by atomic mass is 35.5. The smallest absolute Gasteiger partial charge is 0.150 e. The molecule has 0 unspecified atom stereocenters. The van der Waals surface area contributed by atoms with Gasteiger partial charge in [0.25, 0.3) is 0 Å². The zero-order valence-electron chi connectivity index (χ0n) is 10.2. The van der Waals surface area contributed by atoms with Gasteiger partial charge in [-0.05, 0) is 37.1 Å². The molecule has 1 N–H and O–H groups in total. The Labute approximate surface area is 111 Å². The molecule has 1 aromatic carbocycles. The molecular formula is C14H12ClN3. The van der Waals surface area contributed by atoms with Crippen LogP contribution < -0.4 is 5.32 Å². The molecule has 0 atom stereocenters. The molecule has 1 aromatic heterocycles. The number of nitrogens with one attached hydrogen (secondary N) is 1. The molecule has 0 amide bonds. The van der Waals surface area contributed by atoms with Crippen LogP contribution in [0.1, 0.15) is 16.7 Å². The van der Waals surface area contributed by atoms with Gasteiger partial charge >= 0.3 is 0 Å². The number of hydrogen-bond acceptors (Lipinski definition) is 3. The molecule has 0 bridgehead atoms. The summed E-state index contributed by atoms with van der Waals surface area (Å²) >= 11 is 6.10. The highest BCUT2D eigenvalue weighted by Crippen LogP contribution is 2.28. The second-order valence-electron chi connectivity index (χ2n) is 4.01. The van der Waals surface area contributed by atoms with Gasteiger partial charge in [0, 0.05) is 11.9 Å². The zero-order chi connectivity index (χ0) is 13.1. The molecule has 0 aliphatic heterocycles. The summed E-state index contributed by atoms with van der Waals surface area (Å²) in [4.78, 5) is 4.16. The van der Waals surface area contributed by atoms with Crippen LogP contribution in [0.2, 0.25) is 5.02 Å². The van der Waals surface area contributed by atoms with Crippen molar-refractivity contribution in [3.8, 4) is 6.07 Å². The fraction of sp³-hybridized carbons (Fsp3) is 0.143. The van der Waals surface area contributed by atoms with Gasteiger partial charge in [-0.25, -0.2) is 4.98 Å². The Bertz CT molecular complexity index is 629. The van der Waals surface area contributed by atoms with Crippen LogP contribution in [0, 0.1) is 25.2 Å². The molecule has 0 aliphatic carbocycles. The molecule has 2 rings (SSSR count). The van der Waals surface area contributed by atoms with Gasteiger partial charge < -0.3 is 5.32 Å². The Kier molecular flexibility index (Phi) is 3.50. The number of nitrogens with zero attached hydrogens (tertiary/aromatic N) is 2. The summed E-state index contributed by atoms with van der Waals surface area (Å²) < 4.78 is 0. The quantitative estimate of drug-likeness (QED) is 0.886. The molecule has 18 heavy (non-hydrogen) atoms. The number of anilines is 2.